The molecule has 0 spiro atoms. The molecule has 0 bridgehead atoms. The number of alkyl halides is 1. The Morgan fingerprint density at radius 1 is 1.21 bits per heavy atom. The Balaban J connectivity index is 1.87. The largest absolute Gasteiger partial charge is 0.481 e. The van der Waals surface area contributed by atoms with Gasteiger partial charge in [-0.1, -0.05) is 61.4 Å². The van der Waals surface area contributed by atoms with Crippen LogP contribution in [0.25, 0.3) is 0 Å². The number of aliphatic carboxylic acids is 2. The molecule has 6 atom stereocenters. The lowest BCUT2D eigenvalue weighted by atomic mass is 9.46. The molecular weight excluding hydrogens is 485 g/mol. The summed E-state index contributed by atoms with van der Waals surface area (Å²) in [6.07, 6.45) is 8.71. The first-order valence-electron chi connectivity index (χ1n) is 10.5. The van der Waals surface area contributed by atoms with Crippen LogP contribution in [0.3, 0.4) is 0 Å². The van der Waals surface area contributed by atoms with Crippen LogP contribution in [-0.4, -0.2) is 37.5 Å². The van der Waals surface area contributed by atoms with Gasteiger partial charge in [-0.2, -0.15) is 0 Å². The average Bonchev–Trinajstić information content (AvgIpc) is 2.59. The summed E-state index contributed by atoms with van der Waals surface area (Å²) in [7, 11) is 0. The number of amides is 1. The minimum atomic E-state index is -1.39. The van der Waals surface area contributed by atoms with E-state index >= 15 is 0 Å². The minimum Gasteiger partial charge on any atom is -0.481 e. The highest BCUT2D eigenvalue weighted by molar-refractivity contribution is 14.1. The zero-order valence-corrected chi connectivity index (χ0v) is 19.6. The second-order valence-corrected chi connectivity index (χ2v) is 12.6. The molecular formula is C22H32INO5. The normalized spacial score (nSPS) is 40.1. The van der Waals surface area contributed by atoms with Gasteiger partial charge in [0.1, 0.15) is 6.04 Å². The van der Waals surface area contributed by atoms with Crippen molar-refractivity contribution in [2.75, 3.05) is 0 Å². The highest BCUT2D eigenvalue weighted by Crippen LogP contribution is 2.63. The van der Waals surface area contributed by atoms with Crippen LogP contribution in [0.15, 0.2) is 11.6 Å². The molecule has 2 unspecified atom stereocenters. The molecule has 1 amide bonds. The number of carboxylic acids is 2. The molecule has 7 heteroatoms. The zero-order chi connectivity index (χ0) is 21.6. The van der Waals surface area contributed by atoms with Crippen LogP contribution in [0.5, 0.6) is 0 Å². The molecule has 0 aromatic carbocycles. The van der Waals surface area contributed by atoms with Crippen molar-refractivity contribution in [1.29, 1.82) is 0 Å². The molecule has 3 aliphatic carbocycles. The fraction of sp³-hybridized carbons (Fsp3) is 0.773. The summed E-state index contributed by atoms with van der Waals surface area (Å²) in [6.45, 7) is 6.56. The molecule has 2 fully saturated rings. The van der Waals surface area contributed by atoms with Crippen LogP contribution in [0.2, 0.25) is 0 Å². The fourth-order valence-corrected chi connectivity index (χ4v) is 7.10. The number of carboxylic acid groups (broad SMARTS) is 2. The highest BCUT2D eigenvalue weighted by Gasteiger charge is 2.57. The van der Waals surface area contributed by atoms with E-state index in [1.165, 1.54) is 12.0 Å². The van der Waals surface area contributed by atoms with E-state index in [1.54, 1.807) is 0 Å². The van der Waals surface area contributed by atoms with E-state index in [9.17, 15) is 19.5 Å². The molecule has 0 heterocycles. The van der Waals surface area contributed by atoms with Gasteiger partial charge in [0, 0.05) is 3.42 Å². The first-order valence-corrected chi connectivity index (χ1v) is 11.6. The molecule has 162 valence electrons. The smallest absolute Gasteiger partial charge is 0.326 e. The van der Waals surface area contributed by atoms with E-state index in [1.807, 2.05) is 6.92 Å². The average molecular weight is 517 g/mol. The van der Waals surface area contributed by atoms with Crippen molar-refractivity contribution >= 4 is 40.4 Å². The van der Waals surface area contributed by atoms with E-state index in [0.29, 0.717) is 12.3 Å². The monoisotopic (exact) mass is 517 g/mol. The van der Waals surface area contributed by atoms with Crippen LogP contribution in [0.4, 0.5) is 0 Å². The number of nitrogens with one attached hydrogen (secondary N) is 1. The van der Waals surface area contributed by atoms with E-state index < -0.39 is 29.8 Å². The van der Waals surface area contributed by atoms with Gasteiger partial charge in [-0.3, -0.25) is 9.59 Å². The van der Waals surface area contributed by atoms with Gasteiger partial charge in [0.2, 0.25) is 5.91 Å². The Morgan fingerprint density at radius 3 is 2.52 bits per heavy atom. The minimum absolute atomic E-state index is 0.0497. The first kappa shape index (κ1) is 22.6. The van der Waals surface area contributed by atoms with E-state index in [0.717, 1.165) is 32.1 Å². The van der Waals surface area contributed by atoms with Crippen LogP contribution >= 0.6 is 22.6 Å². The Morgan fingerprint density at radius 2 is 1.90 bits per heavy atom. The van der Waals surface area contributed by atoms with E-state index in [4.69, 9.17) is 5.11 Å². The fourth-order valence-electron chi connectivity index (χ4n) is 6.35. The van der Waals surface area contributed by atoms with Crippen molar-refractivity contribution in [2.24, 2.45) is 22.7 Å². The molecule has 0 radical (unpaired) electrons. The van der Waals surface area contributed by atoms with Crippen molar-refractivity contribution in [3.8, 4) is 0 Å². The molecule has 6 nitrogen and oxygen atoms in total. The van der Waals surface area contributed by atoms with Gasteiger partial charge in [-0.25, -0.2) is 4.79 Å². The zero-order valence-electron chi connectivity index (χ0n) is 17.5. The number of rotatable bonds is 5. The SMILES string of the molecule is C[C@]1(I)CC=C2C(CCC3[C@](C)(C(=O)N[C@@H](CC(=O)O)C(=O)O)CCC[C@@]23C)C1. The van der Waals surface area contributed by atoms with Crippen LogP contribution in [0, 0.1) is 22.7 Å². The quantitative estimate of drug-likeness (QED) is 0.289. The predicted octanol–water partition coefficient (Wildman–Crippen LogP) is 4.17. The molecule has 29 heavy (non-hydrogen) atoms. The summed E-state index contributed by atoms with van der Waals surface area (Å²) >= 11 is 2.57. The Kier molecular flexibility index (Phi) is 6.11. The second-order valence-electron chi connectivity index (χ2n) is 9.96. The van der Waals surface area contributed by atoms with Gasteiger partial charge in [0.25, 0.3) is 0 Å². The molecule has 0 aromatic rings. The van der Waals surface area contributed by atoms with Crippen molar-refractivity contribution < 1.29 is 24.6 Å². The number of hydrogen-bond acceptors (Lipinski definition) is 3. The number of carbonyl (C=O) groups is 3. The number of halogens is 1. The number of hydrogen-bond donors (Lipinski definition) is 3. The summed E-state index contributed by atoms with van der Waals surface area (Å²) in [6, 6.07) is -1.39. The van der Waals surface area contributed by atoms with Crippen molar-refractivity contribution in [3.05, 3.63) is 11.6 Å². The molecule has 3 aliphatic rings. The predicted molar refractivity (Wildman–Crippen MR) is 118 cm³/mol. The van der Waals surface area contributed by atoms with Gasteiger partial charge in [0.15, 0.2) is 0 Å². The summed E-state index contributed by atoms with van der Waals surface area (Å²) < 4.78 is 0.288. The lowest BCUT2D eigenvalue weighted by molar-refractivity contribution is -0.151. The van der Waals surface area contributed by atoms with Gasteiger partial charge >= 0.3 is 11.9 Å². The molecule has 3 rings (SSSR count). The van der Waals surface area contributed by atoms with Crippen LogP contribution in [0.1, 0.15) is 72.1 Å². The second kappa shape index (κ2) is 7.85. The third kappa shape index (κ3) is 4.21. The molecule has 2 saturated carbocycles. The summed E-state index contributed by atoms with van der Waals surface area (Å²) in [5.41, 5.74) is 0.768. The molecule has 0 aliphatic heterocycles. The summed E-state index contributed by atoms with van der Waals surface area (Å²) in [4.78, 5) is 35.8. The van der Waals surface area contributed by atoms with Crippen molar-refractivity contribution in [2.45, 2.75) is 81.6 Å². The Labute approximate surface area is 186 Å². The third-order valence-corrected chi connectivity index (χ3v) is 8.63. The van der Waals surface area contributed by atoms with Crippen LogP contribution < -0.4 is 5.32 Å². The van der Waals surface area contributed by atoms with Crippen LogP contribution in [-0.2, 0) is 14.4 Å². The number of allylic oxidation sites excluding steroid dienone is 2. The maximum Gasteiger partial charge on any atom is 0.326 e. The Hall–Kier alpha value is -1.12. The van der Waals surface area contributed by atoms with Gasteiger partial charge in [-0.05, 0) is 55.8 Å². The van der Waals surface area contributed by atoms with E-state index in [-0.39, 0.29) is 20.7 Å². The molecule has 3 N–H and O–H groups in total. The summed E-state index contributed by atoms with van der Waals surface area (Å²) in [5, 5.41) is 20.9. The lowest BCUT2D eigenvalue weighted by Crippen LogP contribution is -2.57. The van der Waals surface area contributed by atoms with Crippen molar-refractivity contribution in [1.82, 2.24) is 5.32 Å². The third-order valence-electron chi connectivity index (χ3n) is 7.75. The number of fused-ring (bicyclic) bond motifs is 3. The lowest BCUT2D eigenvalue weighted by Gasteiger charge is -2.58. The van der Waals surface area contributed by atoms with Gasteiger partial charge in [-0.15, -0.1) is 0 Å². The topological polar surface area (TPSA) is 104 Å². The maximum absolute atomic E-state index is 13.3. The highest BCUT2D eigenvalue weighted by atomic mass is 127. The Bertz CT molecular complexity index is 747. The molecule has 0 saturated heterocycles. The van der Waals surface area contributed by atoms with Gasteiger partial charge < -0.3 is 15.5 Å². The standard InChI is InChI=1S/C22H32INO5/c1-20(23)10-7-14-13(12-20)5-6-16-21(14,2)8-4-9-22(16,3)19(29)24-15(18(27)28)11-17(25)26/h7,13,15-16H,4-6,8-12H2,1-3H3,(H,24,29)(H,25,26)(H,27,28)/t13?,15-,16?,20-,21-,22+/m0/s1. The van der Waals surface area contributed by atoms with E-state index in [2.05, 4.69) is 47.8 Å². The summed E-state index contributed by atoms with van der Waals surface area (Å²) in [5.74, 6) is -2.13. The first-order chi connectivity index (χ1) is 13.4. The number of carbonyl (C=O) groups excluding carboxylic acids is 1. The molecule has 0 aromatic heterocycles. The van der Waals surface area contributed by atoms with Gasteiger partial charge in [0.05, 0.1) is 11.8 Å². The maximum atomic E-state index is 13.3. The van der Waals surface area contributed by atoms with Crippen molar-refractivity contribution in [3.63, 3.8) is 0 Å².